The maximum absolute atomic E-state index is 9.60. The molecule has 1 aromatic heterocycles. The van der Waals surface area contributed by atoms with Crippen molar-refractivity contribution in [3.05, 3.63) is 88.7 Å². The van der Waals surface area contributed by atoms with Crippen molar-refractivity contribution in [1.82, 2.24) is 9.97 Å². The third kappa shape index (κ3) is 3.03. The van der Waals surface area contributed by atoms with E-state index in [4.69, 9.17) is 16.6 Å². The topological polar surface area (TPSA) is 48.9 Å². The summed E-state index contributed by atoms with van der Waals surface area (Å²) in [5, 5.41) is 10.4. The highest BCUT2D eigenvalue weighted by molar-refractivity contribution is 6.30. The second kappa shape index (κ2) is 6.52. The highest BCUT2D eigenvalue weighted by Crippen LogP contribution is 2.54. The molecule has 27 heavy (non-hydrogen) atoms. The lowest BCUT2D eigenvalue weighted by Gasteiger charge is -2.07. The average Bonchev–Trinajstić information content (AvgIpc) is 3.39. The first-order valence-electron chi connectivity index (χ1n) is 9.17. The Balaban J connectivity index is 1.47. The number of aliphatic hydroxyl groups excluding tert-OH is 1. The Morgan fingerprint density at radius 2 is 1.89 bits per heavy atom. The minimum Gasteiger partial charge on any atom is -0.392 e. The molecule has 3 aromatic carbocycles. The van der Waals surface area contributed by atoms with Crippen LogP contribution in [-0.4, -0.2) is 15.1 Å². The summed E-state index contributed by atoms with van der Waals surface area (Å²) in [6.07, 6.45) is 1.10. The Morgan fingerprint density at radius 3 is 2.74 bits per heavy atom. The van der Waals surface area contributed by atoms with Crippen molar-refractivity contribution in [2.24, 2.45) is 0 Å². The van der Waals surface area contributed by atoms with E-state index in [9.17, 15) is 5.11 Å². The van der Waals surface area contributed by atoms with Gasteiger partial charge >= 0.3 is 0 Å². The number of nitrogens with one attached hydrogen (secondary N) is 1. The maximum atomic E-state index is 9.60. The first kappa shape index (κ1) is 16.5. The summed E-state index contributed by atoms with van der Waals surface area (Å²) in [5.41, 5.74) is 6.35. The smallest absolute Gasteiger partial charge is 0.110 e. The Labute approximate surface area is 162 Å². The molecule has 0 bridgehead atoms. The maximum Gasteiger partial charge on any atom is 0.110 e. The Bertz CT molecular complexity index is 1130. The lowest BCUT2D eigenvalue weighted by Crippen LogP contribution is -1.88. The molecule has 134 valence electrons. The molecule has 0 spiro atoms. The normalized spacial score (nSPS) is 18.7. The largest absolute Gasteiger partial charge is 0.392 e. The van der Waals surface area contributed by atoms with E-state index in [1.807, 2.05) is 36.4 Å². The van der Waals surface area contributed by atoms with Crippen LogP contribution in [0.3, 0.4) is 0 Å². The number of imidazole rings is 1. The summed E-state index contributed by atoms with van der Waals surface area (Å²) in [4.78, 5) is 8.35. The predicted molar refractivity (Wildman–Crippen MR) is 109 cm³/mol. The lowest BCUT2D eigenvalue weighted by atomic mass is 10.00. The molecule has 1 aliphatic carbocycles. The van der Waals surface area contributed by atoms with Gasteiger partial charge in [-0.3, -0.25) is 0 Å². The highest BCUT2D eigenvalue weighted by atomic mass is 35.5. The van der Waals surface area contributed by atoms with Gasteiger partial charge in [0.05, 0.1) is 17.6 Å². The molecule has 1 aliphatic rings. The fourth-order valence-electron chi connectivity index (χ4n) is 3.91. The lowest BCUT2D eigenvalue weighted by molar-refractivity contribution is 0.282. The number of aliphatic hydroxyl groups is 1. The van der Waals surface area contributed by atoms with Crippen molar-refractivity contribution in [2.75, 3.05) is 0 Å². The van der Waals surface area contributed by atoms with Gasteiger partial charge in [0.25, 0.3) is 0 Å². The highest BCUT2D eigenvalue weighted by Gasteiger charge is 2.41. The molecule has 1 saturated carbocycles. The van der Waals surface area contributed by atoms with Crippen LogP contribution in [0.15, 0.2) is 66.7 Å². The molecule has 0 radical (unpaired) electrons. The minimum absolute atomic E-state index is 0.0312. The van der Waals surface area contributed by atoms with Gasteiger partial charge in [0.15, 0.2) is 0 Å². The summed E-state index contributed by atoms with van der Waals surface area (Å²) < 4.78 is 0. The number of hydrogen-bond acceptors (Lipinski definition) is 2. The van der Waals surface area contributed by atoms with Crippen molar-refractivity contribution in [3.8, 4) is 11.1 Å². The summed E-state index contributed by atoms with van der Waals surface area (Å²) in [6, 6.07) is 22.3. The number of benzene rings is 3. The van der Waals surface area contributed by atoms with Crippen molar-refractivity contribution >= 4 is 22.6 Å². The number of aromatic nitrogens is 2. The van der Waals surface area contributed by atoms with E-state index >= 15 is 0 Å². The van der Waals surface area contributed by atoms with Crippen LogP contribution in [0.5, 0.6) is 0 Å². The van der Waals surface area contributed by atoms with Gasteiger partial charge in [-0.15, -0.1) is 0 Å². The molecular formula is C23H19ClN2O. The number of H-pyrrole nitrogens is 1. The molecule has 3 nitrogen and oxygen atoms in total. The van der Waals surface area contributed by atoms with Crippen LogP contribution < -0.4 is 0 Å². The van der Waals surface area contributed by atoms with Gasteiger partial charge < -0.3 is 10.1 Å². The van der Waals surface area contributed by atoms with E-state index in [1.54, 1.807) is 0 Å². The second-order valence-electron chi connectivity index (χ2n) is 7.17. The average molecular weight is 375 g/mol. The molecule has 4 heteroatoms. The Hall–Kier alpha value is -2.62. The minimum atomic E-state index is 0.0312. The monoisotopic (exact) mass is 374 g/mol. The summed E-state index contributed by atoms with van der Waals surface area (Å²) in [5.74, 6) is 1.95. The molecule has 2 atom stereocenters. The number of hydrogen-bond donors (Lipinski definition) is 2. The number of halogens is 1. The number of nitrogens with zero attached hydrogens (tertiary/aromatic N) is 1. The fourth-order valence-corrected chi connectivity index (χ4v) is 4.11. The van der Waals surface area contributed by atoms with Crippen molar-refractivity contribution in [3.63, 3.8) is 0 Å². The molecule has 5 rings (SSSR count). The Kier molecular flexibility index (Phi) is 4.00. The quantitative estimate of drug-likeness (QED) is 0.485. The number of fused-ring (bicyclic) bond motifs is 1. The van der Waals surface area contributed by atoms with Gasteiger partial charge in [0.2, 0.25) is 0 Å². The zero-order valence-electron chi connectivity index (χ0n) is 14.7. The van der Waals surface area contributed by atoms with E-state index in [-0.39, 0.29) is 6.61 Å². The summed E-state index contributed by atoms with van der Waals surface area (Å²) in [7, 11) is 0. The van der Waals surface area contributed by atoms with E-state index in [0.29, 0.717) is 11.8 Å². The molecule has 2 unspecified atom stereocenters. The third-order valence-electron chi connectivity index (χ3n) is 5.42. The molecule has 0 amide bonds. The van der Waals surface area contributed by atoms with Gasteiger partial charge in [-0.1, -0.05) is 54.1 Å². The Morgan fingerprint density at radius 1 is 1.00 bits per heavy atom. The molecule has 1 heterocycles. The zero-order chi connectivity index (χ0) is 18.4. The standard InChI is InChI=1S/C23H19ClN2O/c24-17-6-3-5-14(10-17)19-12-20(19)23-25-21-9-8-15(11-22(21)26-23)18-7-2-1-4-16(18)13-27/h1-11,19-20,27H,12-13H2,(H,25,26). The van der Waals surface area contributed by atoms with Crippen molar-refractivity contribution in [2.45, 2.75) is 24.9 Å². The first-order valence-corrected chi connectivity index (χ1v) is 9.55. The molecule has 1 fully saturated rings. The molecular weight excluding hydrogens is 356 g/mol. The fraction of sp³-hybridized carbons (Fsp3) is 0.174. The van der Waals surface area contributed by atoms with Crippen LogP contribution in [0.1, 0.15) is 35.2 Å². The van der Waals surface area contributed by atoms with E-state index in [2.05, 4.69) is 35.3 Å². The van der Waals surface area contributed by atoms with Gasteiger partial charge in [-0.2, -0.15) is 0 Å². The van der Waals surface area contributed by atoms with Gasteiger partial charge in [0.1, 0.15) is 5.82 Å². The second-order valence-corrected chi connectivity index (χ2v) is 7.61. The molecule has 2 N–H and O–H groups in total. The molecule has 4 aromatic rings. The SMILES string of the molecule is OCc1ccccc1-c1ccc2[nH]c(C3CC3c3cccc(Cl)c3)nc2c1. The third-order valence-corrected chi connectivity index (χ3v) is 5.65. The van der Waals surface area contributed by atoms with Crippen molar-refractivity contribution < 1.29 is 5.11 Å². The van der Waals surface area contributed by atoms with Crippen molar-refractivity contribution in [1.29, 1.82) is 0 Å². The number of aromatic amines is 1. The molecule has 0 saturated heterocycles. The molecule has 0 aliphatic heterocycles. The summed E-state index contributed by atoms with van der Waals surface area (Å²) in [6.45, 7) is 0.0312. The van der Waals surface area contributed by atoms with Crippen LogP contribution in [0, 0.1) is 0 Å². The van der Waals surface area contributed by atoms with Gasteiger partial charge in [0, 0.05) is 10.9 Å². The van der Waals surface area contributed by atoms with E-state index < -0.39 is 0 Å². The van der Waals surface area contributed by atoms with E-state index in [0.717, 1.165) is 45.0 Å². The number of rotatable bonds is 4. The predicted octanol–water partition coefficient (Wildman–Crippen LogP) is 5.65. The van der Waals surface area contributed by atoms with Crippen LogP contribution in [0.2, 0.25) is 5.02 Å². The van der Waals surface area contributed by atoms with Crippen LogP contribution in [-0.2, 0) is 6.61 Å². The van der Waals surface area contributed by atoms with E-state index in [1.165, 1.54) is 5.56 Å². The first-order chi connectivity index (χ1) is 13.2. The summed E-state index contributed by atoms with van der Waals surface area (Å²) >= 11 is 6.13. The van der Waals surface area contributed by atoms with Crippen LogP contribution in [0.4, 0.5) is 0 Å². The van der Waals surface area contributed by atoms with Gasteiger partial charge in [-0.25, -0.2) is 4.98 Å². The van der Waals surface area contributed by atoms with Crippen LogP contribution in [0.25, 0.3) is 22.2 Å². The zero-order valence-corrected chi connectivity index (χ0v) is 15.4. The van der Waals surface area contributed by atoms with Gasteiger partial charge in [-0.05, 0) is 58.9 Å². The van der Waals surface area contributed by atoms with Crippen LogP contribution >= 0.6 is 11.6 Å².